The number of rotatable bonds is 9. The molecule has 0 saturated carbocycles. The van der Waals surface area contributed by atoms with Gasteiger partial charge in [-0.2, -0.15) is 0 Å². The zero-order valence-electron chi connectivity index (χ0n) is 16.8. The molecule has 1 aromatic rings. The van der Waals surface area contributed by atoms with Crippen molar-refractivity contribution in [3.63, 3.8) is 0 Å². The predicted molar refractivity (Wildman–Crippen MR) is 109 cm³/mol. The molecule has 4 heteroatoms. The molecule has 0 atom stereocenters. The zero-order valence-corrected chi connectivity index (χ0v) is 16.8. The summed E-state index contributed by atoms with van der Waals surface area (Å²) in [4.78, 5) is 29.9. The van der Waals surface area contributed by atoms with Crippen LogP contribution in [-0.2, 0) is 9.59 Å². The van der Waals surface area contributed by atoms with Gasteiger partial charge in [0.1, 0.15) is 5.70 Å². The number of aryl methyl sites for hydroxylation is 1. The minimum Gasteiger partial charge on any atom is -0.366 e. The second-order valence-corrected chi connectivity index (χ2v) is 7.81. The lowest BCUT2D eigenvalue weighted by Crippen LogP contribution is -2.35. The van der Waals surface area contributed by atoms with E-state index in [0.717, 1.165) is 49.9 Å². The van der Waals surface area contributed by atoms with Crippen LogP contribution in [0.5, 0.6) is 0 Å². The Morgan fingerprint density at radius 1 is 0.852 bits per heavy atom. The number of nitrogens with zero attached hydrogens (tertiary/aromatic N) is 2. The summed E-state index contributed by atoms with van der Waals surface area (Å²) in [6.07, 6.45) is 9.07. The van der Waals surface area contributed by atoms with E-state index in [4.69, 9.17) is 0 Å². The monoisotopic (exact) mass is 368 g/mol. The van der Waals surface area contributed by atoms with Gasteiger partial charge in [0, 0.05) is 19.6 Å². The Hall–Kier alpha value is -2.10. The Labute approximate surface area is 163 Å². The standard InChI is InChI=1S/C23H32N2O2/c1-3-4-5-6-7-8-17-25-22(26)20(19-13-11-18(2)12-14-19)21(23(25)27)24-15-9-10-16-24/h11-14H,3-10,15-17H2,1-2H3. The molecule has 0 bridgehead atoms. The fraction of sp³-hybridized carbons (Fsp3) is 0.565. The third-order valence-corrected chi connectivity index (χ3v) is 5.64. The first-order valence-electron chi connectivity index (χ1n) is 10.6. The molecule has 2 aliphatic heterocycles. The Morgan fingerprint density at radius 2 is 1.48 bits per heavy atom. The third-order valence-electron chi connectivity index (χ3n) is 5.64. The molecule has 0 aliphatic carbocycles. The molecule has 0 spiro atoms. The normalized spacial score (nSPS) is 17.6. The van der Waals surface area contributed by atoms with Crippen molar-refractivity contribution in [2.45, 2.75) is 65.2 Å². The molecule has 4 nitrogen and oxygen atoms in total. The van der Waals surface area contributed by atoms with E-state index in [0.29, 0.717) is 17.8 Å². The number of imide groups is 1. The van der Waals surface area contributed by atoms with Gasteiger partial charge in [-0.15, -0.1) is 0 Å². The van der Waals surface area contributed by atoms with Crippen molar-refractivity contribution < 1.29 is 9.59 Å². The number of benzene rings is 1. The number of amides is 2. The molecule has 0 N–H and O–H groups in total. The molecule has 1 aromatic carbocycles. The van der Waals surface area contributed by atoms with Gasteiger partial charge in [-0.1, -0.05) is 68.9 Å². The van der Waals surface area contributed by atoms with Crippen molar-refractivity contribution in [1.82, 2.24) is 9.80 Å². The smallest absolute Gasteiger partial charge is 0.277 e. The van der Waals surface area contributed by atoms with Crippen molar-refractivity contribution in [2.75, 3.05) is 19.6 Å². The van der Waals surface area contributed by atoms with Crippen LogP contribution in [0, 0.1) is 6.92 Å². The largest absolute Gasteiger partial charge is 0.366 e. The van der Waals surface area contributed by atoms with Gasteiger partial charge in [-0.3, -0.25) is 14.5 Å². The highest BCUT2D eigenvalue weighted by molar-refractivity contribution is 6.35. The lowest BCUT2D eigenvalue weighted by molar-refractivity contribution is -0.137. The summed E-state index contributed by atoms with van der Waals surface area (Å²) in [6, 6.07) is 7.97. The fourth-order valence-corrected chi connectivity index (χ4v) is 4.03. The molecule has 2 heterocycles. The van der Waals surface area contributed by atoms with Gasteiger partial charge in [0.05, 0.1) is 5.57 Å². The highest BCUT2D eigenvalue weighted by atomic mass is 16.2. The molecule has 27 heavy (non-hydrogen) atoms. The van der Waals surface area contributed by atoms with Crippen molar-refractivity contribution in [1.29, 1.82) is 0 Å². The molecule has 2 amide bonds. The van der Waals surface area contributed by atoms with Crippen LogP contribution in [0.3, 0.4) is 0 Å². The van der Waals surface area contributed by atoms with Crippen LogP contribution in [0.1, 0.15) is 69.4 Å². The Balaban J connectivity index is 1.76. The first-order chi connectivity index (χ1) is 13.1. The number of hydrogen-bond donors (Lipinski definition) is 0. The van der Waals surface area contributed by atoms with E-state index < -0.39 is 0 Å². The maximum Gasteiger partial charge on any atom is 0.277 e. The molecule has 1 saturated heterocycles. The topological polar surface area (TPSA) is 40.6 Å². The maximum absolute atomic E-state index is 13.2. The van der Waals surface area contributed by atoms with Gasteiger partial charge in [0.15, 0.2) is 0 Å². The number of likely N-dealkylation sites (tertiary alicyclic amines) is 1. The van der Waals surface area contributed by atoms with Gasteiger partial charge in [0.25, 0.3) is 11.8 Å². The maximum atomic E-state index is 13.2. The molecule has 3 rings (SSSR count). The molecule has 146 valence electrons. The lowest BCUT2D eigenvalue weighted by atomic mass is 10.0. The molecule has 0 unspecified atom stereocenters. The highest BCUT2D eigenvalue weighted by Gasteiger charge is 2.41. The number of hydrogen-bond acceptors (Lipinski definition) is 3. The fourth-order valence-electron chi connectivity index (χ4n) is 4.03. The van der Waals surface area contributed by atoms with Crippen LogP contribution in [0.25, 0.3) is 5.57 Å². The second-order valence-electron chi connectivity index (χ2n) is 7.81. The molecular weight excluding hydrogens is 336 g/mol. The van der Waals surface area contributed by atoms with Gasteiger partial charge in [-0.05, 0) is 31.7 Å². The van der Waals surface area contributed by atoms with Gasteiger partial charge in [0.2, 0.25) is 0 Å². The van der Waals surface area contributed by atoms with Crippen LogP contribution >= 0.6 is 0 Å². The number of unbranched alkanes of at least 4 members (excludes halogenated alkanes) is 5. The summed E-state index contributed by atoms with van der Waals surface area (Å²) in [5, 5.41) is 0. The van der Waals surface area contributed by atoms with Crippen LogP contribution in [-0.4, -0.2) is 41.2 Å². The van der Waals surface area contributed by atoms with Crippen molar-refractivity contribution in [2.24, 2.45) is 0 Å². The van der Waals surface area contributed by atoms with E-state index in [1.807, 2.05) is 31.2 Å². The Kier molecular flexibility index (Phi) is 6.70. The van der Waals surface area contributed by atoms with E-state index in [9.17, 15) is 9.59 Å². The second kappa shape index (κ2) is 9.20. The van der Waals surface area contributed by atoms with Crippen LogP contribution < -0.4 is 0 Å². The Bertz CT molecular complexity index is 700. The summed E-state index contributed by atoms with van der Waals surface area (Å²) in [5.41, 5.74) is 3.26. The molecule has 0 radical (unpaired) electrons. The summed E-state index contributed by atoms with van der Waals surface area (Å²) in [6.45, 7) is 6.52. The third kappa shape index (κ3) is 4.42. The number of carbonyl (C=O) groups is 2. The highest BCUT2D eigenvalue weighted by Crippen LogP contribution is 2.33. The van der Waals surface area contributed by atoms with Crippen LogP contribution in [0.15, 0.2) is 30.0 Å². The van der Waals surface area contributed by atoms with Crippen LogP contribution in [0.2, 0.25) is 0 Å². The first kappa shape index (κ1) is 19.7. The Morgan fingerprint density at radius 3 is 2.15 bits per heavy atom. The quantitative estimate of drug-likeness (QED) is 0.475. The first-order valence-corrected chi connectivity index (χ1v) is 10.6. The van der Waals surface area contributed by atoms with Gasteiger partial charge < -0.3 is 4.90 Å². The minimum absolute atomic E-state index is 0.0916. The molecule has 2 aliphatic rings. The van der Waals surface area contributed by atoms with E-state index in [1.165, 1.54) is 30.6 Å². The van der Waals surface area contributed by atoms with E-state index in [2.05, 4.69) is 11.8 Å². The van der Waals surface area contributed by atoms with Crippen molar-refractivity contribution in [3.05, 3.63) is 41.1 Å². The average Bonchev–Trinajstić information content (AvgIpc) is 3.27. The summed E-state index contributed by atoms with van der Waals surface area (Å²) >= 11 is 0. The summed E-state index contributed by atoms with van der Waals surface area (Å²) in [7, 11) is 0. The lowest BCUT2D eigenvalue weighted by Gasteiger charge is -2.20. The predicted octanol–water partition coefficient (Wildman–Crippen LogP) is 4.53. The van der Waals surface area contributed by atoms with E-state index in [-0.39, 0.29) is 11.8 Å². The number of carbonyl (C=O) groups excluding carboxylic acids is 2. The molecule has 1 fully saturated rings. The van der Waals surface area contributed by atoms with Crippen LogP contribution in [0.4, 0.5) is 0 Å². The van der Waals surface area contributed by atoms with Gasteiger partial charge in [-0.25, -0.2) is 0 Å². The molecule has 0 aromatic heterocycles. The van der Waals surface area contributed by atoms with E-state index >= 15 is 0 Å². The summed E-state index contributed by atoms with van der Waals surface area (Å²) < 4.78 is 0. The van der Waals surface area contributed by atoms with Crippen molar-refractivity contribution >= 4 is 17.4 Å². The van der Waals surface area contributed by atoms with E-state index in [1.54, 1.807) is 0 Å². The average molecular weight is 369 g/mol. The molecular formula is C23H32N2O2. The SMILES string of the molecule is CCCCCCCCN1C(=O)C(c2ccc(C)cc2)=C(N2CCCC2)C1=O. The van der Waals surface area contributed by atoms with Gasteiger partial charge >= 0.3 is 0 Å². The zero-order chi connectivity index (χ0) is 19.2. The summed E-state index contributed by atoms with van der Waals surface area (Å²) in [5.74, 6) is -0.203. The van der Waals surface area contributed by atoms with Crippen molar-refractivity contribution in [3.8, 4) is 0 Å². The minimum atomic E-state index is -0.112.